The summed E-state index contributed by atoms with van der Waals surface area (Å²) in [7, 11) is 1.66. The zero-order valence-corrected chi connectivity index (χ0v) is 14.9. The lowest BCUT2D eigenvalue weighted by atomic mass is 10.1. The van der Waals surface area contributed by atoms with E-state index in [1.54, 1.807) is 11.6 Å². The number of fused-ring (bicyclic) bond motifs is 3. The van der Waals surface area contributed by atoms with Crippen molar-refractivity contribution in [2.75, 3.05) is 19.0 Å². The van der Waals surface area contributed by atoms with Gasteiger partial charge in [0.2, 0.25) is 0 Å². The van der Waals surface area contributed by atoms with Crippen LogP contribution in [0.2, 0.25) is 0 Å². The van der Waals surface area contributed by atoms with Gasteiger partial charge in [0.05, 0.1) is 12.6 Å². The van der Waals surface area contributed by atoms with Gasteiger partial charge >= 0.3 is 0 Å². The minimum atomic E-state index is 0.743. The number of aromatic nitrogens is 4. The van der Waals surface area contributed by atoms with E-state index in [4.69, 9.17) is 9.72 Å². The fraction of sp³-hybridized carbons (Fsp3) is 0.250. The summed E-state index contributed by atoms with van der Waals surface area (Å²) in [5.74, 6) is 1.68. The van der Waals surface area contributed by atoms with Gasteiger partial charge in [-0.1, -0.05) is 30.7 Å². The molecular formula is C20H21N5O. The summed E-state index contributed by atoms with van der Waals surface area (Å²) < 4.78 is 7.04. The molecule has 0 aliphatic heterocycles. The first-order valence-electron chi connectivity index (χ1n) is 8.84. The number of nitrogens with one attached hydrogen (secondary N) is 1. The Bertz CT molecular complexity index is 1040. The van der Waals surface area contributed by atoms with Crippen LogP contribution in [-0.4, -0.2) is 33.5 Å². The van der Waals surface area contributed by atoms with Crippen molar-refractivity contribution in [3.8, 4) is 17.0 Å². The lowest BCUT2D eigenvalue weighted by molar-refractivity contribution is 0.415. The predicted octanol–water partition coefficient (Wildman–Crippen LogP) is 4.17. The third-order valence-corrected chi connectivity index (χ3v) is 4.44. The molecule has 2 aromatic heterocycles. The van der Waals surface area contributed by atoms with E-state index < -0.39 is 0 Å². The summed E-state index contributed by atoms with van der Waals surface area (Å²) in [5, 5.41) is 13.3. The topological polar surface area (TPSA) is 64.3 Å². The number of para-hydroxylation sites is 1. The second-order valence-corrected chi connectivity index (χ2v) is 6.16. The number of methoxy groups -OCH3 is 1. The Balaban J connectivity index is 1.87. The maximum atomic E-state index is 5.24. The van der Waals surface area contributed by atoms with Gasteiger partial charge in [-0.25, -0.2) is 4.98 Å². The van der Waals surface area contributed by atoms with Gasteiger partial charge in [-0.3, -0.25) is 0 Å². The number of rotatable bonds is 6. The van der Waals surface area contributed by atoms with Crippen LogP contribution < -0.4 is 10.1 Å². The molecule has 0 radical (unpaired) electrons. The summed E-state index contributed by atoms with van der Waals surface area (Å²) in [6, 6.07) is 15.9. The molecule has 0 aliphatic carbocycles. The summed E-state index contributed by atoms with van der Waals surface area (Å²) in [4.78, 5) is 4.85. The third-order valence-electron chi connectivity index (χ3n) is 4.44. The molecule has 0 fully saturated rings. The van der Waals surface area contributed by atoms with E-state index >= 15 is 0 Å². The van der Waals surface area contributed by atoms with Crippen LogP contribution >= 0.6 is 0 Å². The van der Waals surface area contributed by atoms with Crippen molar-refractivity contribution < 1.29 is 4.74 Å². The molecular weight excluding hydrogens is 326 g/mol. The molecule has 1 N–H and O–H groups in total. The maximum absolute atomic E-state index is 5.24. The van der Waals surface area contributed by atoms with Crippen LogP contribution in [0.25, 0.3) is 27.8 Å². The molecule has 4 aromatic rings. The van der Waals surface area contributed by atoms with Gasteiger partial charge in [-0.05, 0) is 42.8 Å². The monoisotopic (exact) mass is 347 g/mol. The largest absolute Gasteiger partial charge is 0.497 e. The fourth-order valence-corrected chi connectivity index (χ4v) is 3.02. The molecule has 0 saturated carbocycles. The quantitative estimate of drug-likeness (QED) is 0.531. The number of hydrogen-bond donors (Lipinski definition) is 1. The van der Waals surface area contributed by atoms with E-state index in [0.717, 1.165) is 58.8 Å². The zero-order chi connectivity index (χ0) is 17.9. The first kappa shape index (κ1) is 16.3. The summed E-state index contributed by atoms with van der Waals surface area (Å²) in [6.45, 7) is 3.07. The second-order valence-electron chi connectivity index (χ2n) is 6.16. The molecule has 6 heteroatoms. The number of nitrogens with zero attached hydrogens (tertiary/aromatic N) is 4. The third kappa shape index (κ3) is 2.83. The van der Waals surface area contributed by atoms with Gasteiger partial charge in [0.25, 0.3) is 0 Å². The summed E-state index contributed by atoms with van der Waals surface area (Å²) >= 11 is 0. The molecule has 0 amide bonds. The van der Waals surface area contributed by atoms with Gasteiger partial charge in [0.15, 0.2) is 5.65 Å². The molecule has 0 aliphatic rings. The average molecular weight is 347 g/mol. The van der Waals surface area contributed by atoms with Crippen LogP contribution in [0.5, 0.6) is 5.75 Å². The number of benzene rings is 2. The Morgan fingerprint density at radius 1 is 1.08 bits per heavy atom. The van der Waals surface area contributed by atoms with Crippen LogP contribution in [0.4, 0.5) is 5.82 Å². The van der Waals surface area contributed by atoms with Crippen molar-refractivity contribution in [3.63, 3.8) is 0 Å². The Morgan fingerprint density at radius 3 is 2.65 bits per heavy atom. The molecule has 0 saturated heterocycles. The van der Waals surface area contributed by atoms with Gasteiger partial charge in [-0.2, -0.15) is 4.52 Å². The van der Waals surface area contributed by atoms with Gasteiger partial charge in [0, 0.05) is 17.5 Å². The smallest absolute Gasteiger partial charge is 0.186 e. The maximum Gasteiger partial charge on any atom is 0.186 e. The molecule has 26 heavy (non-hydrogen) atoms. The van der Waals surface area contributed by atoms with Crippen LogP contribution in [0.3, 0.4) is 0 Å². The first-order valence-corrected chi connectivity index (χ1v) is 8.84. The van der Waals surface area contributed by atoms with Crippen molar-refractivity contribution in [2.24, 2.45) is 0 Å². The molecule has 6 nitrogen and oxygen atoms in total. The highest BCUT2D eigenvalue weighted by Crippen LogP contribution is 2.28. The van der Waals surface area contributed by atoms with E-state index in [-0.39, 0.29) is 0 Å². The van der Waals surface area contributed by atoms with Crippen molar-refractivity contribution in [3.05, 3.63) is 48.5 Å². The molecule has 2 aromatic carbocycles. The standard InChI is InChI=1S/C20H21N5O/c1-3-4-13-21-19-16-7-5-6-8-17(16)25-20(22-19)18(23-24-25)14-9-11-15(26-2)12-10-14/h5-12H,3-4,13H2,1-2H3,(H,21,22). The van der Waals surface area contributed by atoms with Crippen LogP contribution in [-0.2, 0) is 0 Å². The number of hydrogen-bond acceptors (Lipinski definition) is 5. The Labute approximate surface area is 151 Å². The summed E-state index contributed by atoms with van der Waals surface area (Å²) in [6.07, 6.45) is 2.24. The summed E-state index contributed by atoms with van der Waals surface area (Å²) in [5.41, 5.74) is 3.46. The minimum absolute atomic E-state index is 0.743. The van der Waals surface area contributed by atoms with Crippen molar-refractivity contribution in [2.45, 2.75) is 19.8 Å². The van der Waals surface area contributed by atoms with Crippen molar-refractivity contribution in [1.82, 2.24) is 19.8 Å². The molecule has 0 spiro atoms. The Hall–Kier alpha value is -3.15. The normalized spacial score (nSPS) is 11.2. The minimum Gasteiger partial charge on any atom is -0.497 e. The average Bonchev–Trinajstić information content (AvgIpc) is 3.12. The lowest BCUT2D eigenvalue weighted by Gasteiger charge is -2.10. The van der Waals surface area contributed by atoms with E-state index in [1.165, 1.54) is 0 Å². The van der Waals surface area contributed by atoms with Gasteiger partial charge in [-0.15, -0.1) is 5.10 Å². The van der Waals surface area contributed by atoms with Crippen LogP contribution in [0.1, 0.15) is 19.8 Å². The molecule has 0 bridgehead atoms. The van der Waals surface area contributed by atoms with Gasteiger partial charge in [0.1, 0.15) is 17.3 Å². The highest BCUT2D eigenvalue weighted by atomic mass is 16.5. The number of unbranched alkanes of at least 4 members (excludes halogenated alkanes) is 1. The van der Waals surface area contributed by atoms with E-state index in [9.17, 15) is 0 Å². The van der Waals surface area contributed by atoms with E-state index in [0.29, 0.717) is 0 Å². The molecule has 0 unspecified atom stereocenters. The van der Waals surface area contributed by atoms with E-state index in [1.807, 2.05) is 42.5 Å². The number of ether oxygens (including phenoxy) is 1. The predicted molar refractivity (Wildman–Crippen MR) is 104 cm³/mol. The van der Waals surface area contributed by atoms with E-state index in [2.05, 4.69) is 28.6 Å². The second kappa shape index (κ2) is 7.00. The Morgan fingerprint density at radius 2 is 1.88 bits per heavy atom. The van der Waals surface area contributed by atoms with Gasteiger partial charge < -0.3 is 10.1 Å². The molecule has 0 atom stereocenters. The Kier molecular flexibility index (Phi) is 4.39. The molecule has 132 valence electrons. The highest BCUT2D eigenvalue weighted by molar-refractivity contribution is 5.93. The fourth-order valence-electron chi connectivity index (χ4n) is 3.02. The SMILES string of the molecule is CCCCNc1nc2c(-c3ccc(OC)cc3)nnn2c2ccccc12. The lowest BCUT2D eigenvalue weighted by Crippen LogP contribution is -2.06. The molecule has 2 heterocycles. The van der Waals surface area contributed by atoms with Crippen molar-refractivity contribution >= 4 is 22.4 Å². The number of anilines is 1. The molecule has 4 rings (SSSR count). The zero-order valence-electron chi connectivity index (χ0n) is 14.9. The van der Waals surface area contributed by atoms with Crippen LogP contribution in [0.15, 0.2) is 48.5 Å². The highest BCUT2D eigenvalue weighted by Gasteiger charge is 2.15. The van der Waals surface area contributed by atoms with Crippen molar-refractivity contribution in [1.29, 1.82) is 0 Å². The van der Waals surface area contributed by atoms with Crippen LogP contribution in [0, 0.1) is 0 Å². The first-order chi connectivity index (χ1) is 12.8.